The Morgan fingerprint density at radius 2 is 2.00 bits per heavy atom. The molecule has 6 heteroatoms. The zero-order chi connectivity index (χ0) is 14.2. The molecule has 0 unspecified atom stereocenters. The van der Waals surface area contributed by atoms with Crippen molar-refractivity contribution in [2.75, 3.05) is 26.2 Å². The van der Waals surface area contributed by atoms with Gasteiger partial charge in [-0.15, -0.1) is 0 Å². The number of amides is 2. The molecular weight excluding hydrogens is 260 g/mol. The summed E-state index contributed by atoms with van der Waals surface area (Å²) in [6.45, 7) is 1.95. The van der Waals surface area contributed by atoms with Crippen LogP contribution in [0, 0.1) is 0 Å². The van der Waals surface area contributed by atoms with Crippen molar-refractivity contribution in [1.29, 1.82) is 0 Å². The molecule has 112 valence electrons. The highest BCUT2D eigenvalue weighted by atomic mass is 16.5. The van der Waals surface area contributed by atoms with Gasteiger partial charge >= 0.3 is 0 Å². The lowest BCUT2D eigenvalue weighted by Gasteiger charge is -2.44. The number of nitrogens with one attached hydrogen (secondary N) is 1. The van der Waals surface area contributed by atoms with Crippen molar-refractivity contribution >= 4 is 11.8 Å². The van der Waals surface area contributed by atoms with E-state index in [2.05, 4.69) is 5.32 Å². The number of morpholine rings is 1. The van der Waals surface area contributed by atoms with Gasteiger partial charge in [0, 0.05) is 19.6 Å². The maximum absolute atomic E-state index is 12.2. The summed E-state index contributed by atoms with van der Waals surface area (Å²) in [4.78, 5) is 25.1. The van der Waals surface area contributed by atoms with Crippen molar-refractivity contribution in [1.82, 2.24) is 10.2 Å². The number of piperidine rings is 1. The fourth-order valence-electron chi connectivity index (χ4n) is 3.22. The van der Waals surface area contributed by atoms with E-state index >= 15 is 0 Å². The summed E-state index contributed by atoms with van der Waals surface area (Å²) < 4.78 is 5.68. The average Bonchev–Trinajstić information content (AvgIpc) is 2.41. The molecule has 2 N–H and O–H groups in total. The number of aliphatic hydroxyl groups is 1. The van der Waals surface area contributed by atoms with Gasteiger partial charge in [-0.3, -0.25) is 9.59 Å². The van der Waals surface area contributed by atoms with Crippen LogP contribution in [0.1, 0.15) is 38.5 Å². The van der Waals surface area contributed by atoms with Gasteiger partial charge in [0.1, 0.15) is 6.61 Å². The Kier molecular flexibility index (Phi) is 3.46. The van der Waals surface area contributed by atoms with E-state index in [-0.39, 0.29) is 30.4 Å². The number of hydrogen-bond acceptors (Lipinski definition) is 4. The first-order chi connectivity index (χ1) is 9.50. The average molecular weight is 282 g/mol. The van der Waals surface area contributed by atoms with E-state index in [1.165, 1.54) is 0 Å². The van der Waals surface area contributed by atoms with Crippen LogP contribution in [0.5, 0.6) is 0 Å². The van der Waals surface area contributed by atoms with E-state index in [9.17, 15) is 14.7 Å². The van der Waals surface area contributed by atoms with Crippen molar-refractivity contribution in [3.05, 3.63) is 0 Å². The van der Waals surface area contributed by atoms with Crippen molar-refractivity contribution < 1.29 is 19.4 Å². The molecular formula is C14H22N2O4. The van der Waals surface area contributed by atoms with Crippen molar-refractivity contribution in [2.45, 2.75) is 49.7 Å². The first-order valence-corrected chi connectivity index (χ1v) is 7.41. The quantitative estimate of drug-likeness (QED) is 0.735. The highest BCUT2D eigenvalue weighted by Crippen LogP contribution is 2.36. The van der Waals surface area contributed by atoms with Crippen LogP contribution >= 0.6 is 0 Å². The maximum atomic E-state index is 12.2. The minimum absolute atomic E-state index is 0.0434. The first kappa shape index (κ1) is 13.8. The summed E-state index contributed by atoms with van der Waals surface area (Å²) in [6, 6.07) is 0. The molecule has 1 saturated carbocycles. The Balaban J connectivity index is 1.50. The molecule has 2 saturated heterocycles. The molecule has 2 heterocycles. The molecule has 6 nitrogen and oxygen atoms in total. The SMILES string of the molecule is O=C1COC2(CCN(C(=O)CC3(O)CCC3)CC2)CN1. The van der Waals surface area contributed by atoms with Crippen LogP contribution in [0.2, 0.25) is 0 Å². The van der Waals surface area contributed by atoms with Gasteiger partial charge in [0.15, 0.2) is 0 Å². The number of nitrogens with zero attached hydrogens (tertiary/aromatic N) is 1. The second-order valence-corrected chi connectivity index (χ2v) is 6.38. The molecule has 0 atom stereocenters. The standard InChI is InChI=1S/C14H22N2O4/c17-11-9-20-14(10-15-11)4-6-16(7-5-14)12(18)8-13(19)2-1-3-13/h19H,1-10H2,(H,15,17). The number of rotatable bonds is 2. The van der Waals surface area contributed by atoms with Crippen LogP contribution < -0.4 is 5.32 Å². The topological polar surface area (TPSA) is 78.9 Å². The van der Waals surface area contributed by atoms with Crippen molar-refractivity contribution in [3.63, 3.8) is 0 Å². The van der Waals surface area contributed by atoms with Gasteiger partial charge in [-0.1, -0.05) is 0 Å². The van der Waals surface area contributed by atoms with E-state index in [1.54, 1.807) is 0 Å². The lowest BCUT2D eigenvalue weighted by molar-refractivity contribution is -0.157. The summed E-state index contributed by atoms with van der Waals surface area (Å²) in [5.74, 6) is -0.0248. The van der Waals surface area contributed by atoms with Gasteiger partial charge in [-0.25, -0.2) is 0 Å². The van der Waals surface area contributed by atoms with Gasteiger partial charge in [-0.05, 0) is 32.1 Å². The van der Waals surface area contributed by atoms with E-state index in [1.807, 2.05) is 4.90 Å². The predicted molar refractivity (Wildman–Crippen MR) is 70.9 cm³/mol. The monoisotopic (exact) mass is 282 g/mol. The van der Waals surface area contributed by atoms with E-state index in [0.717, 1.165) is 32.1 Å². The summed E-state index contributed by atoms with van der Waals surface area (Å²) >= 11 is 0. The molecule has 3 aliphatic rings. The lowest BCUT2D eigenvalue weighted by Crippen LogP contribution is -2.58. The molecule has 2 amide bonds. The number of carbonyl (C=O) groups is 2. The molecule has 0 aromatic heterocycles. The highest BCUT2D eigenvalue weighted by Gasteiger charge is 2.42. The zero-order valence-electron chi connectivity index (χ0n) is 11.7. The fourth-order valence-corrected chi connectivity index (χ4v) is 3.22. The summed E-state index contributed by atoms with van der Waals surface area (Å²) in [5, 5.41) is 12.9. The molecule has 1 aliphatic carbocycles. The molecule has 0 aromatic carbocycles. The first-order valence-electron chi connectivity index (χ1n) is 7.41. The van der Waals surface area contributed by atoms with Crippen LogP contribution in [0.3, 0.4) is 0 Å². The third kappa shape index (κ3) is 2.67. The zero-order valence-corrected chi connectivity index (χ0v) is 11.7. The largest absolute Gasteiger partial charge is 0.389 e. The van der Waals surface area contributed by atoms with Crippen molar-refractivity contribution in [3.8, 4) is 0 Å². The molecule has 3 rings (SSSR count). The molecule has 0 aromatic rings. The normalized spacial score (nSPS) is 27.9. The molecule has 0 radical (unpaired) electrons. The molecule has 3 fully saturated rings. The second-order valence-electron chi connectivity index (χ2n) is 6.38. The number of hydrogen-bond donors (Lipinski definition) is 2. The lowest BCUT2D eigenvalue weighted by atomic mass is 9.77. The van der Waals surface area contributed by atoms with Crippen LogP contribution in [0.4, 0.5) is 0 Å². The van der Waals surface area contributed by atoms with Gasteiger partial charge in [0.2, 0.25) is 11.8 Å². The smallest absolute Gasteiger partial charge is 0.246 e. The number of ether oxygens (including phenoxy) is 1. The minimum atomic E-state index is -0.748. The summed E-state index contributed by atoms with van der Waals surface area (Å²) in [6.07, 6.45) is 4.24. The van der Waals surface area contributed by atoms with Gasteiger partial charge in [0.25, 0.3) is 0 Å². The maximum Gasteiger partial charge on any atom is 0.246 e. The molecule has 20 heavy (non-hydrogen) atoms. The fraction of sp³-hybridized carbons (Fsp3) is 0.857. The second kappa shape index (κ2) is 5.00. The molecule has 0 bridgehead atoms. The summed E-state index contributed by atoms with van der Waals surface area (Å²) in [7, 11) is 0. The van der Waals surface area contributed by atoms with Gasteiger partial charge in [-0.2, -0.15) is 0 Å². The third-order valence-electron chi connectivity index (χ3n) is 4.91. The van der Waals surface area contributed by atoms with Crippen LogP contribution in [0.25, 0.3) is 0 Å². The van der Waals surface area contributed by atoms with Gasteiger partial charge in [0.05, 0.1) is 17.6 Å². The Labute approximate surface area is 118 Å². The van der Waals surface area contributed by atoms with Crippen LogP contribution in [-0.2, 0) is 14.3 Å². The molecule has 1 spiro atoms. The highest BCUT2D eigenvalue weighted by molar-refractivity contribution is 5.78. The number of likely N-dealkylation sites (tertiary alicyclic amines) is 1. The van der Waals surface area contributed by atoms with Gasteiger partial charge < -0.3 is 20.1 Å². The van der Waals surface area contributed by atoms with E-state index in [4.69, 9.17) is 4.74 Å². The van der Waals surface area contributed by atoms with Crippen LogP contribution in [-0.4, -0.2) is 59.3 Å². The Bertz CT molecular complexity index is 399. The Morgan fingerprint density at radius 3 is 2.50 bits per heavy atom. The number of carbonyl (C=O) groups excluding carboxylic acids is 2. The predicted octanol–water partition coefficient (Wildman–Crippen LogP) is -0.201. The van der Waals surface area contributed by atoms with E-state index < -0.39 is 5.60 Å². The Morgan fingerprint density at radius 1 is 1.30 bits per heavy atom. The van der Waals surface area contributed by atoms with Crippen LogP contribution in [0.15, 0.2) is 0 Å². The van der Waals surface area contributed by atoms with E-state index in [0.29, 0.717) is 19.6 Å². The summed E-state index contributed by atoms with van der Waals surface area (Å²) in [5.41, 5.74) is -1.04. The Hall–Kier alpha value is -1.14. The third-order valence-corrected chi connectivity index (χ3v) is 4.91. The minimum Gasteiger partial charge on any atom is -0.389 e. The molecule has 2 aliphatic heterocycles. The van der Waals surface area contributed by atoms with Crippen molar-refractivity contribution in [2.24, 2.45) is 0 Å².